The summed E-state index contributed by atoms with van der Waals surface area (Å²) in [6.07, 6.45) is 2.98. The Bertz CT molecular complexity index is 767. The van der Waals surface area contributed by atoms with Gasteiger partial charge in [-0.1, -0.05) is 12.1 Å². The number of hydrogen-bond donors (Lipinski definition) is 0. The maximum Gasteiger partial charge on any atom is 0.247 e. The Hall–Kier alpha value is -2.15. The van der Waals surface area contributed by atoms with Gasteiger partial charge in [0.1, 0.15) is 17.3 Å². The van der Waals surface area contributed by atoms with E-state index in [0.717, 1.165) is 10.7 Å². The Labute approximate surface area is 121 Å². The number of benzene rings is 1. The molecule has 2 aromatic rings. The normalized spacial score (nSPS) is 18.9. The standard InChI is InChI=1S/C14H13FN2O3S/c1-21(18,19)17-13(10-4-6-11(15)7-5-10)9-12(16-17)14-3-2-8-20-14/h2-8,13H,9H2,1H3. The van der Waals surface area contributed by atoms with Crippen LogP contribution in [0.3, 0.4) is 0 Å². The Balaban J connectivity index is 2.00. The highest BCUT2D eigenvalue weighted by molar-refractivity contribution is 7.88. The third kappa shape index (κ3) is 2.69. The van der Waals surface area contributed by atoms with Gasteiger partial charge >= 0.3 is 0 Å². The van der Waals surface area contributed by atoms with E-state index in [0.29, 0.717) is 23.5 Å². The highest BCUT2D eigenvalue weighted by Crippen LogP contribution is 2.34. The average Bonchev–Trinajstić information content (AvgIpc) is 3.07. The molecule has 0 N–H and O–H groups in total. The van der Waals surface area contributed by atoms with Gasteiger partial charge in [0.2, 0.25) is 10.0 Å². The van der Waals surface area contributed by atoms with E-state index in [-0.39, 0.29) is 5.82 Å². The Morgan fingerprint density at radius 1 is 1.29 bits per heavy atom. The quantitative estimate of drug-likeness (QED) is 0.875. The van der Waals surface area contributed by atoms with E-state index in [9.17, 15) is 12.8 Å². The maximum absolute atomic E-state index is 13.0. The predicted molar refractivity (Wildman–Crippen MR) is 75.7 cm³/mol. The topological polar surface area (TPSA) is 62.9 Å². The summed E-state index contributed by atoms with van der Waals surface area (Å²) in [6.45, 7) is 0. The summed E-state index contributed by atoms with van der Waals surface area (Å²) in [7, 11) is -3.52. The van der Waals surface area contributed by atoms with Crippen LogP contribution in [0.5, 0.6) is 0 Å². The first-order valence-electron chi connectivity index (χ1n) is 6.31. The van der Waals surface area contributed by atoms with E-state index in [1.54, 1.807) is 24.3 Å². The van der Waals surface area contributed by atoms with Crippen LogP contribution in [-0.2, 0) is 10.0 Å². The van der Waals surface area contributed by atoms with Gasteiger partial charge in [0.15, 0.2) is 0 Å². The number of hydrogen-bond acceptors (Lipinski definition) is 4. The number of furan rings is 1. The van der Waals surface area contributed by atoms with Gasteiger partial charge in [0.05, 0.1) is 18.6 Å². The number of halogens is 1. The third-order valence-electron chi connectivity index (χ3n) is 3.27. The molecule has 1 atom stereocenters. The van der Waals surface area contributed by atoms with Gasteiger partial charge < -0.3 is 4.42 Å². The zero-order valence-electron chi connectivity index (χ0n) is 11.2. The van der Waals surface area contributed by atoms with E-state index in [2.05, 4.69) is 5.10 Å². The molecule has 1 aliphatic heterocycles. The molecule has 0 saturated carbocycles. The zero-order chi connectivity index (χ0) is 15.0. The van der Waals surface area contributed by atoms with Crippen molar-refractivity contribution in [2.75, 3.05) is 6.26 Å². The van der Waals surface area contributed by atoms with Gasteiger partial charge in [-0.25, -0.2) is 12.8 Å². The Kier molecular flexibility index (Phi) is 3.29. The first-order valence-corrected chi connectivity index (χ1v) is 8.16. The summed E-state index contributed by atoms with van der Waals surface area (Å²) in [5.41, 5.74) is 1.24. The third-order valence-corrected chi connectivity index (χ3v) is 4.29. The summed E-state index contributed by atoms with van der Waals surface area (Å²) in [5, 5.41) is 4.16. The van der Waals surface area contributed by atoms with Crippen LogP contribution in [0.4, 0.5) is 4.39 Å². The van der Waals surface area contributed by atoms with Gasteiger partial charge in [-0.05, 0) is 29.8 Å². The molecular formula is C14H13FN2O3S. The fourth-order valence-electron chi connectivity index (χ4n) is 2.32. The van der Waals surface area contributed by atoms with Gasteiger partial charge in [-0.3, -0.25) is 0 Å². The van der Waals surface area contributed by atoms with E-state index >= 15 is 0 Å². The van der Waals surface area contributed by atoms with Crippen molar-refractivity contribution in [1.82, 2.24) is 4.41 Å². The van der Waals surface area contributed by atoms with Crippen LogP contribution in [0.25, 0.3) is 0 Å². The van der Waals surface area contributed by atoms with Crippen LogP contribution >= 0.6 is 0 Å². The first-order chi connectivity index (χ1) is 9.95. The lowest BCUT2D eigenvalue weighted by atomic mass is 10.0. The smallest absolute Gasteiger partial charge is 0.247 e. The molecule has 7 heteroatoms. The zero-order valence-corrected chi connectivity index (χ0v) is 12.0. The molecule has 0 aliphatic carbocycles. The lowest BCUT2D eigenvalue weighted by Gasteiger charge is -2.21. The van der Waals surface area contributed by atoms with Gasteiger partial charge in [-0.2, -0.15) is 9.52 Å². The van der Waals surface area contributed by atoms with Crippen molar-refractivity contribution >= 4 is 15.7 Å². The molecule has 110 valence electrons. The maximum atomic E-state index is 13.0. The monoisotopic (exact) mass is 308 g/mol. The second-order valence-electron chi connectivity index (χ2n) is 4.83. The SMILES string of the molecule is CS(=O)(=O)N1N=C(c2ccco2)CC1c1ccc(F)cc1. The minimum absolute atomic E-state index is 0.366. The highest BCUT2D eigenvalue weighted by Gasteiger charge is 2.35. The number of sulfonamides is 1. The molecule has 3 rings (SSSR count). The van der Waals surface area contributed by atoms with E-state index in [4.69, 9.17) is 4.42 Å². The summed E-state index contributed by atoms with van der Waals surface area (Å²) in [4.78, 5) is 0. The van der Waals surface area contributed by atoms with E-state index < -0.39 is 16.1 Å². The molecule has 0 radical (unpaired) electrons. The van der Waals surface area contributed by atoms with Gasteiger partial charge in [-0.15, -0.1) is 0 Å². The largest absolute Gasteiger partial charge is 0.463 e. The average molecular weight is 308 g/mol. The number of rotatable bonds is 3. The number of nitrogens with zero attached hydrogens (tertiary/aromatic N) is 2. The summed E-state index contributed by atoms with van der Waals surface area (Å²) in [6, 6.07) is 8.71. The van der Waals surface area contributed by atoms with Crippen LogP contribution in [0, 0.1) is 5.82 Å². The van der Waals surface area contributed by atoms with Gasteiger partial charge in [0, 0.05) is 6.42 Å². The molecule has 0 bridgehead atoms. The minimum atomic E-state index is -3.52. The molecule has 1 aromatic heterocycles. The fourth-order valence-corrected chi connectivity index (χ4v) is 3.22. The molecular weight excluding hydrogens is 295 g/mol. The van der Waals surface area contributed by atoms with Crippen molar-refractivity contribution in [3.05, 3.63) is 59.8 Å². The van der Waals surface area contributed by atoms with Crippen molar-refractivity contribution in [3.63, 3.8) is 0 Å². The molecule has 1 aromatic carbocycles. The minimum Gasteiger partial charge on any atom is -0.463 e. The summed E-state index contributed by atoms with van der Waals surface area (Å²) in [5.74, 6) is 0.170. The predicted octanol–water partition coefficient (Wildman–Crippen LogP) is 2.53. The van der Waals surface area contributed by atoms with Crippen LogP contribution < -0.4 is 0 Å². The van der Waals surface area contributed by atoms with Crippen LogP contribution in [-0.4, -0.2) is 24.8 Å². The first kappa shape index (κ1) is 13.8. The van der Waals surface area contributed by atoms with Crippen molar-refractivity contribution in [1.29, 1.82) is 0 Å². The lowest BCUT2D eigenvalue weighted by Crippen LogP contribution is -2.25. The van der Waals surface area contributed by atoms with E-state index in [1.807, 2.05) is 0 Å². The molecule has 21 heavy (non-hydrogen) atoms. The molecule has 1 aliphatic rings. The molecule has 0 saturated heterocycles. The van der Waals surface area contributed by atoms with Crippen LogP contribution in [0.15, 0.2) is 52.2 Å². The van der Waals surface area contributed by atoms with Crippen LogP contribution in [0.2, 0.25) is 0 Å². The Morgan fingerprint density at radius 3 is 2.57 bits per heavy atom. The van der Waals surface area contributed by atoms with Crippen molar-refractivity contribution in [2.45, 2.75) is 12.5 Å². The van der Waals surface area contributed by atoms with Crippen molar-refractivity contribution < 1.29 is 17.2 Å². The fraction of sp³-hybridized carbons (Fsp3) is 0.214. The highest BCUT2D eigenvalue weighted by atomic mass is 32.2. The molecule has 5 nitrogen and oxygen atoms in total. The molecule has 0 fully saturated rings. The number of hydrazone groups is 1. The summed E-state index contributed by atoms with van der Waals surface area (Å²) >= 11 is 0. The molecule has 0 amide bonds. The molecule has 0 spiro atoms. The van der Waals surface area contributed by atoms with E-state index in [1.165, 1.54) is 18.4 Å². The lowest BCUT2D eigenvalue weighted by molar-refractivity contribution is 0.374. The Morgan fingerprint density at radius 2 is 2.00 bits per heavy atom. The van der Waals surface area contributed by atoms with Crippen molar-refractivity contribution in [3.8, 4) is 0 Å². The second-order valence-corrected chi connectivity index (χ2v) is 6.67. The van der Waals surface area contributed by atoms with Gasteiger partial charge in [0.25, 0.3) is 0 Å². The summed E-state index contributed by atoms with van der Waals surface area (Å²) < 4.78 is 43.2. The molecule has 2 heterocycles. The molecule has 1 unspecified atom stereocenters. The van der Waals surface area contributed by atoms with Crippen molar-refractivity contribution in [2.24, 2.45) is 5.10 Å². The second kappa shape index (κ2) is 5.00. The van der Waals surface area contributed by atoms with Crippen LogP contribution in [0.1, 0.15) is 23.8 Å².